The summed E-state index contributed by atoms with van der Waals surface area (Å²) >= 11 is 0. The lowest BCUT2D eigenvalue weighted by Gasteiger charge is -2.42. The van der Waals surface area contributed by atoms with Crippen molar-refractivity contribution in [1.29, 1.82) is 0 Å². The first-order valence-electron chi connectivity index (χ1n) is 10.3. The molecule has 0 saturated heterocycles. The van der Waals surface area contributed by atoms with Crippen LogP contribution in [0.15, 0.2) is 71.9 Å². The van der Waals surface area contributed by atoms with E-state index in [2.05, 4.69) is 87.1 Å². The minimum Gasteiger partial charge on any atom is -0.294 e. The van der Waals surface area contributed by atoms with Gasteiger partial charge in [-0.25, -0.2) is 0 Å². The van der Waals surface area contributed by atoms with Gasteiger partial charge >= 0.3 is 0 Å². The Morgan fingerprint density at radius 1 is 0.889 bits per heavy atom. The van der Waals surface area contributed by atoms with Crippen LogP contribution in [0.3, 0.4) is 0 Å². The van der Waals surface area contributed by atoms with Crippen molar-refractivity contribution in [3.05, 3.63) is 71.9 Å². The summed E-state index contributed by atoms with van der Waals surface area (Å²) < 4.78 is 0. The van der Waals surface area contributed by atoms with E-state index < -0.39 is 8.07 Å². The van der Waals surface area contributed by atoms with Gasteiger partial charge in [0, 0.05) is 5.92 Å². The van der Waals surface area contributed by atoms with Crippen LogP contribution >= 0.6 is 0 Å². The zero-order valence-electron chi connectivity index (χ0n) is 16.7. The van der Waals surface area contributed by atoms with Crippen molar-refractivity contribution in [2.45, 2.75) is 51.5 Å². The van der Waals surface area contributed by atoms with Crippen LogP contribution in [-0.2, 0) is 4.79 Å². The number of carbonyl (C=O) groups is 1. The Morgan fingerprint density at radius 3 is 1.93 bits per heavy atom. The first kappa shape index (κ1) is 18.4. The number of carbonyl (C=O) groups excluding carboxylic acids is 1. The molecule has 2 heteroatoms. The number of benzene rings is 2. The Kier molecular flexibility index (Phi) is 4.71. The van der Waals surface area contributed by atoms with Crippen molar-refractivity contribution < 1.29 is 4.79 Å². The molecule has 2 fully saturated rings. The quantitative estimate of drug-likeness (QED) is 0.551. The molecule has 0 amide bonds. The molecular formula is C25H30OSi. The maximum Gasteiger partial charge on any atom is 0.161 e. The second-order valence-electron chi connectivity index (χ2n) is 9.33. The number of ketones is 1. The van der Waals surface area contributed by atoms with Crippen molar-refractivity contribution in [1.82, 2.24) is 0 Å². The van der Waals surface area contributed by atoms with Gasteiger partial charge < -0.3 is 0 Å². The van der Waals surface area contributed by atoms with E-state index in [4.69, 9.17) is 0 Å². The van der Waals surface area contributed by atoms with E-state index in [0.29, 0.717) is 17.6 Å². The lowest BCUT2D eigenvalue weighted by molar-refractivity contribution is -0.118. The van der Waals surface area contributed by atoms with Gasteiger partial charge in [0.2, 0.25) is 0 Å². The van der Waals surface area contributed by atoms with Gasteiger partial charge in [0.15, 0.2) is 5.78 Å². The van der Waals surface area contributed by atoms with Gasteiger partial charge in [0.25, 0.3) is 0 Å². The van der Waals surface area contributed by atoms with Crippen LogP contribution in [0.4, 0.5) is 0 Å². The highest BCUT2D eigenvalue weighted by atomic mass is 28.3. The van der Waals surface area contributed by atoms with Gasteiger partial charge in [0.1, 0.15) is 8.07 Å². The smallest absolute Gasteiger partial charge is 0.161 e. The fraction of sp³-hybridized carbons (Fsp3) is 0.400. The van der Waals surface area contributed by atoms with Gasteiger partial charge in [-0.05, 0) is 46.2 Å². The summed E-state index contributed by atoms with van der Waals surface area (Å²) in [6.45, 7) is 7.07. The molecule has 2 saturated carbocycles. The molecule has 0 unspecified atom stereocenters. The molecule has 0 N–H and O–H groups in total. The minimum absolute atomic E-state index is 0.0701. The largest absolute Gasteiger partial charge is 0.294 e. The van der Waals surface area contributed by atoms with Gasteiger partial charge in [0.05, 0.1) is 0 Å². The molecule has 2 aromatic rings. The SMILES string of the molecule is CC(C)(C)[Si](/C=C1\C[C@H]2CCC[C@H]2C1=O)(c1ccccc1)c1ccccc1. The van der Waals surface area contributed by atoms with Crippen LogP contribution < -0.4 is 10.4 Å². The molecule has 2 atom stereocenters. The van der Waals surface area contributed by atoms with E-state index in [1.807, 2.05) is 0 Å². The molecule has 1 nitrogen and oxygen atoms in total. The Balaban J connectivity index is 1.94. The Bertz CT molecular complexity index is 805. The number of hydrogen-bond acceptors (Lipinski definition) is 1. The average molecular weight is 375 g/mol. The standard InChI is InChI=1S/C25H30OSi/c1-25(2,3)27(21-12-6-4-7-13-21,22-14-8-5-9-15-22)18-20-17-19-11-10-16-23(19)24(20)26/h4-9,12-15,18-19,23H,10-11,16-17H2,1-3H3/b20-18+/t19-,23-/m1/s1. The van der Waals surface area contributed by atoms with E-state index in [-0.39, 0.29) is 5.04 Å². The molecule has 27 heavy (non-hydrogen) atoms. The van der Waals surface area contributed by atoms with E-state index >= 15 is 0 Å². The maximum atomic E-state index is 13.2. The summed E-state index contributed by atoms with van der Waals surface area (Å²) in [6.07, 6.45) is 4.55. The first-order valence-corrected chi connectivity index (χ1v) is 12.4. The number of allylic oxidation sites excluding steroid dienone is 1. The van der Waals surface area contributed by atoms with Crippen molar-refractivity contribution in [3.8, 4) is 0 Å². The Morgan fingerprint density at radius 2 is 1.44 bits per heavy atom. The Labute approximate surface area is 164 Å². The molecule has 0 heterocycles. The molecule has 2 aromatic carbocycles. The molecule has 0 spiro atoms. The van der Waals surface area contributed by atoms with Crippen LogP contribution in [0.5, 0.6) is 0 Å². The normalized spacial score (nSPS) is 24.4. The third-order valence-corrected chi connectivity index (χ3v) is 12.5. The molecule has 4 rings (SSSR count). The van der Waals surface area contributed by atoms with Crippen LogP contribution in [-0.4, -0.2) is 13.9 Å². The van der Waals surface area contributed by atoms with Crippen molar-refractivity contribution in [2.75, 3.05) is 0 Å². The van der Waals surface area contributed by atoms with Crippen LogP contribution in [0.25, 0.3) is 0 Å². The fourth-order valence-electron chi connectivity index (χ4n) is 5.46. The number of Topliss-reactive ketones (excluding diaryl/α,β-unsaturated/α-hetero) is 1. The zero-order chi connectivity index (χ0) is 19.1. The third kappa shape index (κ3) is 3.04. The second-order valence-corrected chi connectivity index (χ2v) is 13.9. The van der Waals surface area contributed by atoms with Gasteiger partial charge in [-0.2, -0.15) is 0 Å². The van der Waals surface area contributed by atoms with Gasteiger partial charge in [-0.1, -0.05) is 93.6 Å². The molecule has 0 bridgehead atoms. The molecule has 2 aliphatic carbocycles. The van der Waals surface area contributed by atoms with Crippen LogP contribution in [0.2, 0.25) is 5.04 Å². The molecule has 0 aromatic heterocycles. The molecule has 140 valence electrons. The van der Waals surface area contributed by atoms with E-state index in [1.165, 1.54) is 23.2 Å². The topological polar surface area (TPSA) is 17.1 Å². The van der Waals surface area contributed by atoms with Crippen molar-refractivity contribution in [2.24, 2.45) is 11.8 Å². The van der Waals surface area contributed by atoms with E-state index in [0.717, 1.165) is 18.4 Å². The summed E-state index contributed by atoms with van der Waals surface area (Å²) in [5.41, 5.74) is 3.61. The maximum absolute atomic E-state index is 13.2. The number of hydrogen-bond donors (Lipinski definition) is 0. The Hall–Kier alpha value is -1.93. The highest BCUT2D eigenvalue weighted by molar-refractivity contribution is 7.08. The minimum atomic E-state index is -2.29. The lowest BCUT2D eigenvalue weighted by Crippen LogP contribution is -2.63. The summed E-state index contributed by atoms with van der Waals surface area (Å²) in [4.78, 5) is 13.2. The predicted octanol–water partition coefficient (Wildman–Crippen LogP) is 4.90. The van der Waals surface area contributed by atoms with Crippen molar-refractivity contribution >= 4 is 24.2 Å². The van der Waals surface area contributed by atoms with Crippen LogP contribution in [0, 0.1) is 11.8 Å². The number of fused-ring (bicyclic) bond motifs is 1. The summed E-state index contributed by atoms with van der Waals surface area (Å²) in [5, 5.41) is 2.88. The zero-order valence-corrected chi connectivity index (χ0v) is 17.7. The predicted molar refractivity (Wildman–Crippen MR) is 116 cm³/mol. The number of rotatable bonds is 3. The molecule has 0 radical (unpaired) electrons. The molecule has 0 aliphatic heterocycles. The highest BCUT2D eigenvalue weighted by Gasteiger charge is 2.49. The molecular weight excluding hydrogens is 344 g/mol. The van der Waals surface area contributed by atoms with Gasteiger partial charge in [-0.3, -0.25) is 4.79 Å². The van der Waals surface area contributed by atoms with E-state index in [1.54, 1.807) is 0 Å². The van der Waals surface area contributed by atoms with Crippen LogP contribution in [0.1, 0.15) is 46.5 Å². The fourth-order valence-corrected chi connectivity index (χ4v) is 10.5. The molecule has 2 aliphatic rings. The first-order chi connectivity index (χ1) is 12.9. The lowest BCUT2D eigenvalue weighted by atomic mass is 10.0. The van der Waals surface area contributed by atoms with Crippen molar-refractivity contribution in [3.63, 3.8) is 0 Å². The monoisotopic (exact) mass is 374 g/mol. The summed E-state index contributed by atoms with van der Waals surface area (Å²) in [7, 11) is -2.29. The van der Waals surface area contributed by atoms with Gasteiger partial charge in [-0.15, -0.1) is 0 Å². The average Bonchev–Trinajstić information content (AvgIpc) is 3.23. The highest BCUT2D eigenvalue weighted by Crippen LogP contribution is 2.46. The third-order valence-electron chi connectivity index (χ3n) is 6.83. The summed E-state index contributed by atoms with van der Waals surface area (Å²) in [6, 6.07) is 21.9. The summed E-state index contributed by atoms with van der Waals surface area (Å²) in [5.74, 6) is 1.35. The van der Waals surface area contributed by atoms with E-state index in [9.17, 15) is 4.79 Å². The second kappa shape index (κ2) is 6.90.